The van der Waals surface area contributed by atoms with Gasteiger partial charge in [-0.05, 0) is 38.8 Å². The highest BCUT2D eigenvalue weighted by atomic mass is 16.5. The molecule has 0 aliphatic heterocycles. The first-order chi connectivity index (χ1) is 12.0. The van der Waals surface area contributed by atoms with E-state index in [0.717, 1.165) is 24.1 Å². The Morgan fingerprint density at radius 3 is 2.64 bits per heavy atom. The zero-order valence-electron chi connectivity index (χ0n) is 15.1. The molecular formula is C19H24N2O4. The fraction of sp³-hybridized carbons (Fsp3) is 0.474. The second-order valence-corrected chi connectivity index (χ2v) is 6.58. The molecule has 0 bridgehead atoms. The minimum atomic E-state index is 0.128. The van der Waals surface area contributed by atoms with E-state index in [1.165, 1.54) is 0 Å². The van der Waals surface area contributed by atoms with Crippen molar-refractivity contribution in [3.63, 3.8) is 0 Å². The Kier molecular flexibility index (Phi) is 4.97. The van der Waals surface area contributed by atoms with Gasteiger partial charge in [0.15, 0.2) is 5.76 Å². The molecule has 0 unspecified atom stereocenters. The molecule has 1 fully saturated rings. The molecule has 6 heteroatoms. The molecule has 0 radical (unpaired) electrons. The van der Waals surface area contributed by atoms with Crippen LogP contribution in [0.15, 0.2) is 28.8 Å². The average Bonchev–Trinajstić information content (AvgIpc) is 3.37. The van der Waals surface area contributed by atoms with Crippen molar-refractivity contribution in [3.05, 3.63) is 30.0 Å². The van der Waals surface area contributed by atoms with Gasteiger partial charge in [-0.15, -0.1) is 0 Å². The number of rotatable bonds is 7. The molecule has 0 atom stereocenters. The topological polar surface area (TPSA) is 64.8 Å². The second kappa shape index (κ2) is 7.17. The third kappa shape index (κ3) is 3.78. The SMILES string of the molecule is COc1ccc(-c2cc(CN(C(=O)C3CC3)C(C)C)no2)c(OC)c1. The normalized spacial score (nSPS) is 13.8. The molecule has 1 heterocycles. The summed E-state index contributed by atoms with van der Waals surface area (Å²) in [6, 6.07) is 7.51. The molecule has 0 spiro atoms. The first kappa shape index (κ1) is 17.3. The second-order valence-electron chi connectivity index (χ2n) is 6.58. The summed E-state index contributed by atoms with van der Waals surface area (Å²) < 4.78 is 16.1. The molecule has 0 saturated heterocycles. The molecule has 1 aliphatic rings. The molecule has 6 nitrogen and oxygen atoms in total. The molecule has 1 aromatic heterocycles. The van der Waals surface area contributed by atoms with Crippen LogP contribution < -0.4 is 9.47 Å². The number of nitrogens with zero attached hydrogens (tertiary/aromatic N) is 2. The van der Waals surface area contributed by atoms with E-state index in [2.05, 4.69) is 5.16 Å². The van der Waals surface area contributed by atoms with Crippen LogP contribution in [0.5, 0.6) is 11.5 Å². The van der Waals surface area contributed by atoms with Crippen LogP contribution in [-0.4, -0.2) is 36.2 Å². The van der Waals surface area contributed by atoms with Crippen molar-refractivity contribution >= 4 is 5.91 Å². The Morgan fingerprint density at radius 1 is 1.28 bits per heavy atom. The summed E-state index contributed by atoms with van der Waals surface area (Å²) in [6.07, 6.45) is 1.99. The van der Waals surface area contributed by atoms with Gasteiger partial charge in [0.05, 0.1) is 26.3 Å². The number of hydrogen-bond donors (Lipinski definition) is 0. The maximum absolute atomic E-state index is 12.4. The fourth-order valence-electron chi connectivity index (χ4n) is 2.77. The van der Waals surface area contributed by atoms with Gasteiger partial charge in [-0.25, -0.2) is 0 Å². The van der Waals surface area contributed by atoms with Crippen molar-refractivity contribution in [3.8, 4) is 22.8 Å². The Labute approximate surface area is 147 Å². The molecule has 0 N–H and O–H groups in total. The standard InChI is InChI=1S/C19H24N2O4/c1-12(2)21(19(22)13-5-6-13)11-14-9-18(25-20-14)16-8-7-15(23-3)10-17(16)24-4/h7-10,12-13H,5-6,11H2,1-4H3. The summed E-state index contributed by atoms with van der Waals surface area (Å²) in [5, 5.41) is 4.14. The molecule has 1 saturated carbocycles. The lowest BCUT2D eigenvalue weighted by molar-refractivity contribution is -0.135. The van der Waals surface area contributed by atoms with Crippen LogP contribution in [0, 0.1) is 5.92 Å². The van der Waals surface area contributed by atoms with E-state index in [1.54, 1.807) is 20.3 Å². The summed E-state index contributed by atoms with van der Waals surface area (Å²) in [5.74, 6) is 2.37. The van der Waals surface area contributed by atoms with Gasteiger partial charge in [0.25, 0.3) is 0 Å². The summed E-state index contributed by atoms with van der Waals surface area (Å²) in [4.78, 5) is 14.3. The summed E-state index contributed by atoms with van der Waals surface area (Å²) in [6.45, 7) is 4.50. The zero-order valence-corrected chi connectivity index (χ0v) is 15.1. The first-order valence-corrected chi connectivity index (χ1v) is 8.52. The highest BCUT2D eigenvalue weighted by Gasteiger charge is 2.34. The number of carbonyl (C=O) groups excluding carboxylic acids is 1. The van der Waals surface area contributed by atoms with Crippen molar-refractivity contribution in [2.75, 3.05) is 14.2 Å². The lowest BCUT2D eigenvalue weighted by Crippen LogP contribution is -2.37. The van der Waals surface area contributed by atoms with Crippen molar-refractivity contribution in [1.29, 1.82) is 0 Å². The smallest absolute Gasteiger partial charge is 0.226 e. The van der Waals surface area contributed by atoms with Gasteiger partial charge in [0, 0.05) is 24.1 Å². The predicted octanol–water partition coefficient (Wildman–Crippen LogP) is 3.51. The van der Waals surface area contributed by atoms with Crippen molar-refractivity contribution in [2.45, 2.75) is 39.3 Å². The van der Waals surface area contributed by atoms with E-state index in [4.69, 9.17) is 14.0 Å². The van der Waals surface area contributed by atoms with E-state index in [1.807, 2.05) is 36.9 Å². The molecule has 25 heavy (non-hydrogen) atoms. The Balaban J connectivity index is 1.81. The fourth-order valence-corrected chi connectivity index (χ4v) is 2.77. The number of carbonyl (C=O) groups is 1. The van der Waals surface area contributed by atoms with E-state index < -0.39 is 0 Å². The van der Waals surface area contributed by atoms with Crippen molar-refractivity contribution in [1.82, 2.24) is 10.1 Å². The lowest BCUT2D eigenvalue weighted by atomic mass is 10.1. The predicted molar refractivity (Wildman–Crippen MR) is 93.5 cm³/mol. The van der Waals surface area contributed by atoms with Crippen LogP contribution >= 0.6 is 0 Å². The highest BCUT2D eigenvalue weighted by Crippen LogP contribution is 2.35. The van der Waals surface area contributed by atoms with Gasteiger partial charge in [0.2, 0.25) is 5.91 Å². The molecule has 1 aliphatic carbocycles. The third-order valence-corrected chi connectivity index (χ3v) is 4.40. The monoisotopic (exact) mass is 344 g/mol. The maximum Gasteiger partial charge on any atom is 0.226 e. The number of methoxy groups -OCH3 is 2. The number of hydrogen-bond acceptors (Lipinski definition) is 5. The Bertz CT molecular complexity index is 750. The number of ether oxygens (including phenoxy) is 2. The van der Waals surface area contributed by atoms with Crippen molar-refractivity contribution < 1.29 is 18.8 Å². The lowest BCUT2D eigenvalue weighted by Gasteiger charge is -2.25. The van der Waals surface area contributed by atoms with Gasteiger partial charge in [0.1, 0.15) is 17.2 Å². The van der Waals surface area contributed by atoms with E-state index in [9.17, 15) is 4.79 Å². The minimum Gasteiger partial charge on any atom is -0.497 e. The van der Waals surface area contributed by atoms with E-state index >= 15 is 0 Å². The largest absolute Gasteiger partial charge is 0.497 e. The summed E-state index contributed by atoms with van der Waals surface area (Å²) in [5.41, 5.74) is 1.53. The quantitative estimate of drug-likeness (QED) is 0.769. The summed E-state index contributed by atoms with van der Waals surface area (Å²) >= 11 is 0. The van der Waals surface area contributed by atoms with Crippen LogP contribution in [0.25, 0.3) is 11.3 Å². The van der Waals surface area contributed by atoms with Crippen molar-refractivity contribution in [2.24, 2.45) is 5.92 Å². The minimum absolute atomic E-state index is 0.128. The first-order valence-electron chi connectivity index (χ1n) is 8.52. The third-order valence-electron chi connectivity index (χ3n) is 4.40. The Morgan fingerprint density at radius 2 is 2.04 bits per heavy atom. The Hall–Kier alpha value is -2.50. The highest BCUT2D eigenvalue weighted by molar-refractivity contribution is 5.81. The molecule has 1 aromatic carbocycles. The number of benzene rings is 1. The van der Waals surface area contributed by atoms with E-state index in [0.29, 0.717) is 23.8 Å². The maximum atomic E-state index is 12.4. The van der Waals surface area contributed by atoms with Crippen LogP contribution in [0.1, 0.15) is 32.4 Å². The zero-order chi connectivity index (χ0) is 18.0. The van der Waals surface area contributed by atoms with Gasteiger partial charge >= 0.3 is 0 Å². The van der Waals surface area contributed by atoms with Crippen LogP contribution in [0.4, 0.5) is 0 Å². The molecule has 2 aromatic rings. The van der Waals surface area contributed by atoms with E-state index in [-0.39, 0.29) is 17.9 Å². The van der Waals surface area contributed by atoms with Crippen LogP contribution in [0.3, 0.4) is 0 Å². The molecule has 134 valence electrons. The number of aromatic nitrogens is 1. The molecule has 1 amide bonds. The van der Waals surface area contributed by atoms with Gasteiger partial charge in [-0.1, -0.05) is 5.16 Å². The molecule has 3 rings (SSSR count). The van der Waals surface area contributed by atoms with Gasteiger partial charge in [-0.2, -0.15) is 0 Å². The average molecular weight is 344 g/mol. The summed E-state index contributed by atoms with van der Waals surface area (Å²) in [7, 11) is 3.21. The van der Waals surface area contributed by atoms with Gasteiger partial charge in [-0.3, -0.25) is 4.79 Å². The molecular weight excluding hydrogens is 320 g/mol. The van der Waals surface area contributed by atoms with Crippen LogP contribution in [0.2, 0.25) is 0 Å². The number of amides is 1. The van der Waals surface area contributed by atoms with Crippen LogP contribution in [-0.2, 0) is 11.3 Å². The van der Waals surface area contributed by atoms with Gasteiger partial charge < -0.3 is 18.9 Å².